The summed E-state index contributed by atoms with van der Waals surface area (Å²) in [7, 11) is 3.26. The fourth-order valence-corrected chi connectivity index (χ4v) is 2.78. The Labute approximate surface area is 181 Å². The molecule has 3 N–H and O–H groups in total. The van der Waals surface area contributed by atoms with Crippen LogP contribution in [0.4, 0.5) is 0 Å². The maximum Gasteiger partial charge on any atom is 0.239 e. The van der Waals surface area contributed by atoms with E-state index in [1.807, 2.05) is 55.5 Å². The summed E-state index contributed by atoms with van der Waals surface area (Å²) in [6.45, 7) is 3.00. The number of methoxy groups -OCH3 is 1. The van der Waals surface area contributed by atoms with Gasteiger partial charge in [-0.3, -0.25) is 9.79 Å². The van der Waals surface area contributed by atoms with E-state index in [0.29, 0.717) is 24.9 Å². The summed E-state index contributed by atoms with van der Waals surface area (Å²) in [4.78, 5) is 20.7. The Hall–Kier alpha value is -3.81. The standard InChI is InChI=1S/C23H27N5O3/c1-16-4-8-18(9-5-16)22-28-19(15-31-22)13-26-23(24-2)27-14-21(29)25-12-17-6-10-20(30-3)11-7-17/h4-11,15H,12-14H2,1-3H3,(H,25,29)(H2,24,26,27). The number of hydrogen-bond donors (Lipinski definition) is 3. The second-order valence-corrected chi connectivity index (χ2v) is 6.91. The van der Waals surface area contributed by atoms with Crippen LogP contribution in [0.25, 0.3) is 11.5 Å². The molecule has 0 fully saturated rings. The topological polar surface area (TPSA) is 101 Å². The summed E-state index contributed by atoms with van der Waals surface area (Å²) in [5, 5.41) is 8.97. The third-order valence-electron chi connectivity index (χ3n) is 4.58. The van der Waals surface area contributed by atoms with E-state index in [2.05, 4.69) is 25.9 Å². The number of carbonyl (C=O) groups excluding carboxylic acids is 1. The van der Waals surface area contributed by atoms with Crippen molar-refractivity contribution in [2.24, 2.45) is 4.99 Å². The molecule has 8 nitrogen and oxygen atoms in total. The molecular formula is C23H27N5O3. The Balaban J connectivity index is 1.42. The number of aryl methyl sites for hydroxylation is 1. The minimum absolute atomic E-state index is 0.100. The third kappa shape index (κ3) is 6.60. The van der Waals surface area contributed by atoms with Gasteiger partial charge in [0.15, 0.2) is 5.96 Å². The van der Waals surface area contributed by atoms with Gasteiger partial charge in [0.25, 0.3) is 0 Å². The van der Waals surface area contributed by atoms with Crippen LogP contribution in [0.2, 0.25) is 0 Å². The first kappa shape index (κ1) is 21.9. The summed E-state index contributed by atoms with van der Waals surface area (Å²) in [6, 6.07) is 15.5. The predicted molar refractivity (Wildman–Crippen MR) is 120 cm³/mol. The number of oxazole rings is 1. The van der Waals surface area contributed by atoms with Crippen molar-refractivity contribution in [3.63, 3.8) is 0 Å². The molecule has 2 aromatic carbocycles. The lowest BCUT2D eigenvalue weighted by Gasteiger charge is -2.11. The number of guanidine groups is 1. The van der Waals surface area contributed by atoms with Crippen LogP contribution in [-0.2, 0) is 17.9 Å². The molecule has 1 amide bonds. The highest BCUT2D eigenvalue weighted by molar-refractivity contribution is 5.86. The van der Waals surface area contributed by atoms with Gasteiger partial charge < -0.3 is 25.1 Å². The average Bonchev–Trinajstić information content (AvgIpc) is 3.27. The van der Waals surface area contributed by atoms with Gasteiger partial charge in [-0.25, -0.2) is 4.98 Å². The molecule has 0 radical (unpaired) electrons. The van der Waals surface area contributed by atoms with Crippen molar-refractivity contribution in [2.75, 3.05) is 20.7 Å². The number of benzene rings is 2. The Morgan fingerprint density at radius 1 is 1.03 bits per heavy atom. The average molecular weight is 422 g/mol. The molecule has 0 unspecified atom stereocenters. The zero-order valence-corrected chi connectivity index (χ0v) is 17.9. The molecule has 0 bridgehead atoms. The van der Waals surface area contributed by atoms with Crippen molar-refractivity contribution < 1.29 is 13.9 Å². The van der Waals surface area contributed by atoms with E-state index in [0.717, 1.165) is 22.6 Å². The van der Waals surface area contributed by atoms with Crippen molar-refractivity contribution in [1.82, 2.24) is 20.9 Å². The maximum atomic E-state index is 12.1. The van der Waals surface area contributed by atoms with Gasteiger partial charge >= 0.3 is 0 Å². The summed E-state index contributed by atoms with van der Waals surface area (Å²) in [5.41, 5.74) is 3.84. The maximum absolute atomic E-state index is 12.1. The van der Waals surface area contributed by atoms with Gasteiger partial charge in [0.05, 0.1) is 25.9 Å². The number of ether oxygens (including phenoxy) is 1. The van der Waals surface area contributed by atoms with Gasteiger partial charge in [0.1, 0.15) is 12.0 Å². The number of hydrogen-bond acceptors (Lipinski definition) is 5. The van der Waals surface area contributed by atoms with Crippen LogP contribution in [0.1, 0.15) is 16.8 Å². The summed E-state index contributed by atoms with van der Waals surface area (Å²) in [5.74, 6) is 1.71. The van der Waals surface area contributed by atoms with Crippen LogP contribution in [0, 0.1) is 6.92 Å². The Morgan fingerprint density at radius 2 is 1.77 bits per heavy atom. The molecule has 162 valence electrons. The highest BCUT2D eigenvalue weighted by Crippen LogP contribution is 2.19. The number of carbonyl (C=O) groups is 1. The predicted octanol–water partition coefficient (Wildman–Crippen LogP) is 2.64. The van der Waals surface area contributed by atoms with Crippen LogP contribution in [-0.4, -0.2) is 37.6 Å². The fraction of sp³-hybridized carbons (Fsp3) is 0.261. The van der Waals surface area contributed by atoms with Crippen LogP contribution in [0.3, 0.4) is 0 Å². The molecular weight excluding hydrogens is 394 g/mol. The third-order valence-corrected chi connectivity index (χ3v) is 4.58. The molecule has 0 aliphatic carbocycles. The van der Waals surface area contributed by atoms with E-state index in [1.54, 1.807) is 20.4 Å². The van der Waals surface area contributed by atoms with Gasteiger partial charge in [-0.05, 0) is 36.8 Å². The van der Waals surface area contributed by atoms with E-state index < -0.39 is 0 Å². The molecule has 3 rings (SSSR count). The molecule has 0 aliphatic heterocycles. The second kappa shape index (κ2) is 10.8. The van der Waals surface area contributed by atoms with Crippen molar-refractivity contribution in [1.29, 1.82) is 0 Å². The molecule has 0 atom stereocenters. The lowest BCUT2D eigenvalue weighted by atomic mass is 10.1. The van der Waals surface area contributed by atoms with Gasteiger partial charge in [0, 0.05) is 19.2 Å². The van der Waals surface area contributed by atoms with E-state index in [-0.39, 0.29) is 12.5 Å². The number of nitrogens with one attached hydrogen (secondary N) is 3. The number of aliphatic imine (C=N–C) groups is 1. The van der Waals surface area contributed by atoms with Gasteiger partial charge in [0.2, 0.25) is 11.8 Å². The van der Waals surface area contributed by atoms with Gasteiger partial charge in [-0.15, -0.1) is 0 Å². The lowest BCUT2D eigenvalue weighted by molar-refractivity contribution is -0.120. The normalized spacial score (nSPS) is 11.1. The van der Waals surface area contributed by atoms with Crippen LogP contribution < -0.4 is 20.7 Å². The van der Waals surface area contributed by atoms with E-state index in [4.69, 9.17) is 9.15 Å². The number of nitrogens with zero attached hydrogens (tertiary/aromatic N) is 2. The first-order chi connectivity index (χ1) is 15.1. The first-order valence-corrected chi connectivity index (χ1v) is 9.93. The quantitative estimate of drug-likeness (QED) is 0.382. The summed E-state index contributed by atoms with van der Waals surface area (Å²) in [6.07, 6.45) is 1.61. The van der Waals surface area contributed by atoms with Gasteiger partial charge in [-0.1, -0.05) is 29.8 Å². The fourth-order valence-electron chi connectivity index (χ4n) is 2.78. The number of aromatic nitrogens is 1. The minimum Gasteiger partial charge on any atom is -0.497 e. The van der Waals surface area contributed by atoms with E-state index >= 15 is 0 Å². The van der Waals surface area contributed by atoms with E-state index in [1.165, 1.54) is 5.56 Å². The SMILES string of the molecule is CN=C(NCC(=O)NCc1ccc(OC)cc1)NCc1coc(-c2ccc(C)cc2)n1. The zero-order valence-electron chi connectivity index (χ0n) is 17.9. The molecule has 0 saturated heterocycles. The van der Waals surface area contributed by atoms with Crippen molar-refractivity contribution >= 4 is 11.9 Å². The molecule has 8 heteroatoms. The Bertz CT molecular complexity index is 1010. The summed E-state index contributed by atoms with van der Waals surface area (Å²) >= 11 is 0. The molecule has 3 aromatic rings. The lowest BCUT2D eigenvalue weighted by Crippen LogP contribution is -2.42. The first-order valence-electron chi connectivity index (χ1n) is 9.93. The minimum atomic E-state index is -0.137. The van der Waals surface area contributed by atoms with Crippen LogP contribution >= 0.6 is 0 Å². The second-order valence-electron chi connectivity index (χ2n) is 6.91. The smallest absolute Gasteiger partial charge is 0.239 e. The Kier molecular flexibility index (Phi) is 7.64. The molecule has 0 aliphatic rings. The van der Waals surface area contributed by atoms with Crippen molar-refractivity contribution in [2.45, 2.75) is 20.0 Å². The van der Waals surface area contributed by atoms with Crippen LogP contribution in [0.5, 0.6) is 5.75 Å². The number of rotatable bonds is 8. The highest BCUT2D eigenvalue weighted by atomic mass is 16.5. The highest BCUT2D eigenvalue weighted by Gasteiger charge is 2.08. The monoisotopic (exact) mass is 421 g/mol. The van der Waals surface area contributed by atoms with Crippen molar-refractivity contribution in [3.8, 4) is 17.2 Å². The molecule has 0 saturated carbocycles. The molecule has 31 heavy (non-hydrogen) atoms. The van der Waals surface area contributed by atoms with Gasteiger partial charge in [-0.2, -0.15) is 0 Å². The number of amides is 1. The Morgan fingerprint density at radius 3 is 2.45 bits per heavy atom. The van der Waals surface area contributed by atoms with Crippen LogP contribution in [0.15, 0.2) is 64.2 Å². The molecule has 1 aromatic heterocycles. The van der Waals surface area contributed by atoms with E-state index in [9.17, 15) is 4.79 Å². The zero-order chi connectivity index (χ0) is 22.1. The molecule has 1 heterocycles. The summed E-state index contributed by atoms with van der Waals surface area (Å²) < 4.78 is 10.7. The molecule has 0 spiro atoms. The van der Waals surface area contributed by atoms with Crippen molar-refractivity contribution in [3.05, 3.63) is 71.6 Å². The largest absolute Gasteiger partial charge is 0.497 e.